The molecular weight excluding hydrogens is 199 g/mol. The van der Waals surface area contributed by atoms with Gasteiger partial charge >= 0.3 is 0 Å². The van der Waals surface area contributed by atoms with Crippen LogP contribution in [0.1, 0.15) is 59.8 Å². The SMILES string of the molecule is CCCC(CC)C(P)(CC)CC.Cl. The van der Waals surface area contributed by atoms with Crippen molar-refractivity contribution in [2.24, 2.45) is 5.92 Å². The van der Waals surface area contributed by atoms with E-state index < -0.39 is 0 Å². The van der Waals surface area contributed by atoms with Gasteiger partial charge in [-0.15, -0.1) is 21.6 Å². The molecule has 0 saturated carbocycles. The Kier molecular flexibility index (Phi) is 10.0. The molecule has 2 heteroatoms. The minimum absolute atomic E-state index is 0. The molecule has 0 aliphatic carbocycles. The van der Waals surface area contributed by atoms with E-state index in [4.69, 9.17) is 0 Å². The third kappa shape index (κ3) is 4.66. The standard InChI is InChI=1S/C11H25P.ClH/c1-5-9-10(6-2)11(12,7-3)8-4;/h10H,5-9,12H2,1-4H3;1H. The first kappa shape index (κ1) is 16.2. The smallest absolute Gasteiger partial charge is 0.0127 e. The Morgan fingerprint density at radius 2 is 1.54 bits per heavy atom. The minimum atomic E-state index is 0. The lowest BCUT2D eigenvalue weighted by molar-refractivity contribution is 0.321. The van der Waals surface area contributed by atoms with Gasteiger partial charge in [-0.2, -0.15) is 0 Å². The predicted octanol–water partition coefficient (Wildman–Crippen LogP) is 4.67. The van der Waals surface area contributed by atoms with Gasteiger partial charge in [0, 0.05) is 0 Å². The van der Waals surface area contributed by atoms with Gasteiger partial charge in [-0.25, -0.2) is 0 Å². The molecule has 0 radical (unpaired) electrons. The van der Waals surface area contributed by atoms with E-state index in [-0.39, 0.29) is 12.4 Å². The summed E-state index contributed by atoms with van der Waals surface area (Å²) in [6, 6.07) is 0. The van der Waals surface area contributed by atoms with Crippen LogP contribution < -0.4 is 0 Å². The zero-order valence-corrected chi connectivity index (χ0v) is 11.6. The molecule has 0 aromatic carbocycles. The summed E-state index contributed by atoms with van der Waals surface area (Å²) in [6.45, 7) is 9.24. The van der Waals surface area contributed by atoms with Crippen molar-refractivity contribution in [1.29, 1.82) is 0 Å². The lowest BCUT2D eigenvalue weighted by Gasteiger charge is -2.35. The number of halogens is 1. The van der Waals surface area contributed by atoms with E-state index in [0.717, 1.165) is 5.92 Å². The van der Waals surface area contributed by atoms with Gasteiger partial charge in [0.1, 0.15) is 0 Å². The zero-order chi connectivity index (χ0) is 9.61. The molecule has 13 heavy (non-hydrogen) atoms. The average molecular weight is 225 g/mol. The fourth-order valence-electron chi connectivity index (χ4n) is 2.07. The van der Waals surface area contributed by atoms with Crippen molar-refractivity contribution in [2.45, 2.75) is 65.0 Å². The van der Waals surface area contributed by atoms with E-state index in [1.165, 1.54) is 32.1 Å². The summed E-state index contributed by atoms with van der Waals surface area (Å²) in [5, 5.41) is 0.519. The monoisotopic (exact) mass is 224 g/mol. The van der Waals surface area contributed by atoms with Gasteiger partial charge in [-0.3, -0.25) is 0 Å². The highest BCUT2D eigenvalue weighted by Crippen LogP contribution is 2.39. The number of hydrogen-bond donors (Lipinski definition) is 0. The van der Waals surface area contributed by atoms with Crippen molar-refractivity contribution in [3.05, 3.63) is 0 Å². The van der Waals surface area contributed by atoms with Crippen LogP contribution >= 0.6 is 21.6 Å². The minimum Gasteiger partial charge on any atom is -0.147 e. The molecule has 0 N–H and O–H groups in total. The number of rotatable bonds is 6. The van der Waals surface area contributed by atoms with Crippen LogP contribution in [-0.4, -0.2) is 5.16 Å². The summed E-state index contributed by atoms with van der Waals surface area (Å²) in [5.74, 6) is 0.905. The molecule has 0 amide bonds. The Hall–Kier alpha value is 0.720. The largest absolute Gasteiger partial charge is 0.147 e. The van der Waals surface area contributed by atoms with E-state index in [0.29, 0.717) is 5.16 Å². The highest BCUT2D eigenvalue weighted by molar-refractivity contribution is 7.19. The zero-order valence-electron chi connectivity index (χ0n) is 9.60. The quantitative estimate of drug-likeness (QED) is 0.576. The van der Waals surface area contributed by atoms with Crippen LogP contribution in [-0.2, 0) is 0 Å². The summed E-state index contributed by atoms with van der Waals surface area (Å²) in [7, 11) is 3.10. The Bertz CT molecular complexity index is 111. The van der Waals surface area contributed by atoms with Crippen LogP contribution in [0.15, 0.2) is 0 Å². The highest BCUT2D eigenvalue weighted by atomic mass is 35.5. The molecule has 0 spiro atoms. The van der Waals surface area contributed by atoms with E-state index in [1.807, 2.05) is 0 Å². The highest BCUT2D eigenvalue weighted by Gasteiger charge is 2.28. The first-order valence-electron chi connectivity index (χ1n) is 5.43. The maximum Gasteiger partial charge on any atom is -0.0127 e. The second-order valence-corrected chi connectivity index (χ2v) is 4.98. The molecule has 0 aliphatic heterocycles. The summed E-state index contributed by atoms with van der Waals surface area (Å²) < 4.78 is 0. The summed E-state index contributed by atoms with van der Waals surface area (Å²) >= 11 is 0. The van der Waals surface area contributed by atoms with Crippen molar-refractivity contribution in [3.63, 3.8) is 0 Å². The maximum absolute atomic E-state index is 3.10. The van der Waals surface area contributed by atoms with Crippen molar-refractivity contribution in [2.75, 3.05) is 0 Å². The first-order chi connectivity index (χ1) is 5.64. The molecule has 0 bridgehead atoms. The van der Waals surface area contributed by atoms with Gasteiger partial charge in [0.25, 0.3) is 0 Å². The Balaban J connectivity index is 0. The van der Waals surface area contributed by atoms with Gasteiger partial charge in [-0.1, -0.05) is 40.5 Å². The van der Waals surface area contributed by atoms with Crippen molar-refractivity contribution in [1.82, 2.24) is 0 Å². The molecule has 82 valence electrons. The van der Waals surface area contributed by atoms with Crippen LogP contribution in [0.3, 0.4) is 0 Å². The van der Waals surface area contributed by atoms with Gasteiger partial charge < -0.3 is 0 Å². The second-order valence-electron chi connectivity index (χ2n) is 3.83. The van der Waals surface area contributed by atoms with Crippen molar-refractivity contribution in [3.8, 4) is 0 Å². The molecular formula is C11H26ClP. The molecule has 2 atom stereocenters. The summed E-state index contributed by atoms with van der Waals surface area (Å²) in [5.41, 5.74) is 0. The van der Waals surface area contributed by atoms with E-state index >= 15 is 0 Å². The Labute approximate surface area is 92.9 Å². The van der Waals surface area contributed by atoms with Crippen LogP contribution in [0.4, 0.5) is 0 Å². The van der Waals surface area contributed by atoms with Crippen LogP contribution in [0, 0.1) is 5.92 Å². The summed E-state index contributed by atoms with van der Waals surface area (Å²) in [6.07, 6.45) is 6.65. The van der Waals surface area contributed by atoms with E-state index in [2.05, 4.69) is 36.9 Å². The van der Waals surface area contributed by atoms with Gasteiger partial charge in [-0.05, 0) is 30.3 Å². The molecule has 0 fully saturated rings. The predicted molar refractivity (Wildman–Crippen MR) is 69.0 cm³/mol. The molecule has 0 nitrogen and oxygen atoms in total. The third-order valence-electron chi connectivity index (χ3n) is 3.26. The molecule has 0 heterocycles. The Morgan fingerprint density at radius 1 is 1.08 bits per heavy atom. The number of hydrogen-bond acceptors (Lipinski definition) is 0. The van der Waals surface area contributed by atoms with Crippen molar-refractivity contribution < 1.29 is 0 Å². The average Bonchev–Trinajstić information content (AvgIpc) is 2.13. The summed E-state index contributed by atoms with van der Waals surface area (Å²) in [4.78, 5) is 0. The lowest BCUT2D eigenvalue weighted by Crippen LogP contribution is -2.29. The van der Waals surface area contributed by atoms with E-state index in [9.17, 15) is 0 Å². The fraction of sp³-hybridized carbons (Fsp3) is 1.00. The maximum atomic E-state index is 3.10. The lowest BCUT2D eigenvalue weighted by atomic mass is 9.82. The van der Waals surface area contributed by atoms with Crippen LogP contribution in [0.5, 0.6) is 0 Å². The normalized spacial score (nSPS) is 13.6. The van der Waals surface area contributed by atoms with Crippen LogP contribution in [0.25, 0.3) is 0 Å². The fourth-order valence-corrected chi connectivity index (χ4v) is 2.48. The van der Waals surface area contributed by atoms with Crippen LogP contribution in [0.2, 0.25) is 0 Å². The Morgan fingerprint density at radius 3 is 1.77 bits per heavy atom. The second kappa shape index (κ2) is 8.06. The van der Waals surface area contributed by atoms with E-state index in [1.54, 1.807) is 0 Å². The first-order valence-corrected chi connectivity index (χ1v) is 6.01. The molecule has 0 aromatic rings. The molecule has 0 aromatic heterocycles. The topological polar surface area (TPSA) is 0 Å². The molecule has 0 saturated heterocycles. The molecule has 2 unspecified atom stereocenters. The third-order valence-corrected chi connectivity index (χ3v) is 4.55. The van der Waals surface area contributed by atoms with Gasteiger partial charge in [0.2, 0.25) is 0 Å². The van der Waals surface area contributed by atoms with Gasteiger partial charge in [0.05, 0.1) is 0 Å². The van der Waals surface area contributed by atoms with Crippen molar-refractivity contribution >= 4 is 21.6 Å². The molecule has 0 rings (SSSR count). The molecule has 0 aliphatic rings. The van der Waals surface area contributed by atoms with Gasteiger partial charge in [0.15, 0.2) is 0 Å².